The van der Waals surface area contributed by atoms with Crippen LogP contribution in [-0.4, -0.2) is 11.6 Å². The molecule has 0 atom stereocenters. The van der Waals surface area contributed by atoms with Crippen molar-refractivity contribution in [1.82, 2.24) is 4.98 Å². The van der Waals surface area contributed by atoms with Gasteiger partial charge in [-0.15, -0.1) is 0 Å². The number of aromatic nitrogens is 1. The van der Waals surface area contributed by atoms with Crippen molar-refractivity contribution >= 4 is 17.1 Å². The third-order valence-corrected chi connectivity index (χ3v) is 1.83. The Morgan fingerprint density at radius 3 is 2.87 bits per heavy atom. The Morgan fingerprint density at radius 2 is 2.20 bits per heavy atom. The van der Waals surface area contributed by atoms with Gasteiger partial charge in [-0.25, -0.2) is 0 Å². The first-order valence-corrected chi connectivity index (χ1v) is 4.18. The number of nitrogens with two attached hydrogens (primary N) is 1. The van der Waals surface area contributed by atoms with E-state index in [4.69, 9.17) is 10.2 Å². The summed E-state index contributed by atoms with van der Waals surface area (Å²) in [5.41, 5.74) is 6.60. The van der Waals surface area contributed by atoms with Gasteiger partial charge >= 0.3 is 6.61 Å². The number of oxazole rings is 1. The fourth-order valence-electron chi connectivity index (χ4n) is 1.34. The van der Waals surface area contributed by atoms with Gasteiger partial charge < -0.3 is 14.9 Å². The van der Waals surface area contributed by atoms with Crippen molar-refractivity contribution in [2.24, 2.45) is 0 Å². The molecule has 4 nitrogen and oxygen atoms in total. The van der Waals surface area contributed by atoms with E-state index in [9.17, 15) is 8.78 Å². The largest absolute Gasteiger partial charge is 0.431 e. The van der Waals surface area contributed by atoms with Crippen molar-refractivity contribution in [3.63, 3.8) is 0 Å². The number of rotatable bonds is 2. The normalized spacial score (nSPS) is 11.2. The number of aryl methyl sites for hydroxylation is 1. The zero-order chi connectivity index (χ0) is 11.0. The molecule has 1 heterocycles. The monoisotopic (exact) mass is 214 g/mol. The second kappa shape index (κ2) is 3.38. The smallest absolute Gasteiger partial charge is 0.387 e. The fraction of sp³-hybridized carbons (Fsp3) is 0.222. The number of halogens is 2. The molecule has 80 valence electrons. The molecule has 0 saturated heterocycles. The second-order valence-corrected chi connectivity index (χ2v) is 3.04. The highest BCUT2D eigenvalue weighted by molar-refractivity contribution is 5.81. The molecule has 0 bridgehead atoms. The molecule has 0 aliphatic carbocycles. The molecule has 2 N–H and O–H groups in total. The van der Waals surface area contributed by atoms with E-state index in [0.717, 1.165) is 5.56 Å². The lowest BCUT2D eigenvalue weighted by Crippen LogP contribution is -2.02. The summed E-state index contributed by atoms with van der Waals surface area (Å²) in [7, 11) is 0. The number of hydrogen-bond donors (Lipinski definition) is 1. The van der Waals surface area contributed by atoms with Gasteiger partial charge in [0.25, 0.3) is 6.01 Å². The average molecular weight is 214 g/mol. The predicted molar refractivity (Wildman–Crippen MR) is 49.8 cm³/mol. The van der Waals surface area contributed by atoms with Crippen molar-refractivity contribution < 1.29 is 17.9 Å². The molecule has 2 rings (SSSR count). The van der Waals surface area contributed by atoms with Crippen molar-refractivity contribution in [3.8, 4) is 5.75 Å². The van der Waals surface area contributed by atoms with Crippen LogP contribution in [0.25, 0.3) is 11.1 Å². The molecule has 0 aliphatic rings. The molecule has 6 heteroatoms. The minimum Gasteiger partial charge on any atom is -0.431 e. The number of benzene rings is 1. The number of nitrogens with zero attached hydrogens (tertiary/aromatic N) is 1. The highest BCUT2D eigenvalue weighted by atomic mass is 19.3. The SMILES string of the molecule is Cc1cc(OC(F)F)c2oc(N)nc2c1. The number of alkyl halides is 2. The van der Waals surface area contributed by atoms with Gasteiger partial charge in [0.15, 0.2) is 11.3 Å². The maximum absolute atomic E-state index is 12.1. The molecule has 0 fully saturated rings. The Morgan fingerprint density at radius 1 is 1.47 bits per heavy atom. The van der Waals surface area contributed by atoms with Crippen LogP contribution < -0.4 is 10.5 Å². The van der Waals surface area contributed by atoms with E-state index in [1.165, 1.54) is 6.07 Å². The van der Waals surface area contributed by atoms with Crippen LogP contribution >= 0.6 is 0 Å². The van der Waals surface area contributed by atoms with Crippen molar-refractivity contribution in [1.29, 1.82) is 0 Å². The lowest BCUT2D eigenvalue weighted by molar-refractivity contribution is -0.0493. The Hall–Kier alpha value is -1.85. The molecular weight excluding hydrogens is 206 g/mol. The van der Waals surface area contributed by atoms with Gasteiger partial charge in [-0.2, -0.15) is 13.8 Å². The zero-order valence-electron chi connectivity index (χ0n) is 7.83. The summed E-state index contributed by atoms with van der Waals surface area (Å²) in [6, 6.07) is 3.04. The number of nitrogen functional groups attached to an aromatic ring is 1. The van der Waals surface area contributed by atoms with Crippen LogP contribution in [0.5, 0.6) is 5.75 Å². The average Bonchev–Trinajstić information content (AvgIpc) is 2.44. The van der Waals surface area contributed by atoms with Gasteiger partial charge in [-0.1, -0.05) is 0 Å². The molecule has 2 aromatic rings. The van der Waals surface area contributed by atoms with E-state index >= 15 is 0 Å². The summed E-state index contributed by atoms with van der Waals surface area (Å²) >= 11 is 0. The maximum atomic E-state index is 12.1. The van der Waals surface area contributed by atoms with Gasteiger partial charge in [-0.05, 0) is 24.6 Å². The van der Waals surface area contributed by atoms with Gasteiger partial charge in [-0.3, -0.25) is 0 Å². The predicted octanol–water partition coefficient (Wildman–Crippen LogP) is 2.32. The van der Waals surface area contributed by atoms with Crippen LogP contribution in [0.2, 0.25) is 0 Å². The van der Waals surface area contributed by atoms with E-state index in [1.807, 2.05) is 0 Å². The molecule has 15 heavy (non-hydrogen) atoms. The van der Waals surface area contributed by atoms with Gasteiger partial charge in [0.2, 0.25) is 0 Å². The van der Waals surface area contributed by atoms with Crippen LogP contribution in [0.3, 0.4) is 0 Å². The summed E-state index contributed by atoms with van der Waals surface area (Å²) < 4.78 is 33.4. The highest BCUT2D eigenvalue weighted by Gasteiger charge is 2.14. The van der Waals surface area contributed by atoms with Gasteiger partial charge in [0.1, 0.15) is 5.52 Å². The van der Waals surface area contributed by atoms with Crippen molar-refractivity contribution in [2.45, 2.75) is 13.5 Å². The molecule has 0 aliphatic heterocycles. The lowest BCUT2D eigenvalue weighted by atomic mass is 10.2. The summed E-state index contributed by atoms with van der Waals surface area (Å²) in [6.07, 6.45) is 0. The van der Waals surface area contributed by atoms with E-state index < -0.39 is 6.61 Å². The standard InChI is InChI=1S/C9H8F2N2O2/c1-4-2-5-7(15-9(12)13-5)6(3-4)14-8(10)11/h2-3,8H,1H3,(H2,12,13). The number of anilines is 1. The van der Waals surface area contributed by atoms with E-state index in [0.29, 0.717) is 5.52 Å². The first kappa shape index (κ1) is 9.70. The molecule has 0 saturated carbocycles. The molecule has 0 unspecified atom stereocenters. The lowest BCUT2D eigenvalue weighted by Gasteiger charge is -2.04. The number of ether oxygens (including phenoxy) is 1. The minimum absolute atomic E-state index is 0.0517. The fourth-order valence-corrected chi connectivity index (χ4v) is 1.34. The molecule has 1 aromatic heterocycles. The van der Waals surface area contributed by atoms with E-state index in [1.54, 1.807) is 13.0 Å². The summed E-state index contributed by atoms with van der Waals surface area (Å²) in [4.78, 5) is 3.83. The van der Waals surface area contributed by atoms with E-state index in [-0.39, 0.29) is 17.3 Å². The topological polar surface area (TPSA) is 61.3 Å². The Labute approximate surface area is 83.6 Å². The third kappa shape index (κ3) is 1.83. The van der Waals surface area contributed by atoms with E-state index in [2.05, 4.69) is 9.72 Å². The number of hydrogen-bond acceptors (Lipinski definition) is 4. The van der Waals surface area contributed by atoms with Crippen LogP contribution in [0.4, 0.5) is 14.8 Å². The quantitative estimate of drug-likeness (QED) is 0.833. The first-order valence-electron chi connectivity index (χ1n) is 4.18. The zero-order valence-corrected chi connectivity index (χ0v) is 7.83. The summed E-state index contributed by atoms with van der Waals surface area (Å²) in [5.74, 6) is -0.0517. The molecule has 0 amide bonds. The Bertz CT molecular complexity index is 496. The van der Waals surface area contributed by atoms with Crippen molar-refractivity contribution in [3.05, 3.63) is 17.7 Å². The second-order valence-electron chi connectivity index (χ2n) is 3.04. The number of fused-ring (bicyclic) bond motifs is 1. The molecule has 0 spiro atoms. The summed E-state index contributed by atoms with van der Waals surface area (Å²) in [6.45, 7) is -1.16. The van der Waals surface area contributed by atoms with Gasteiger partial charge in [0.05, 0.1) is 0 Å². The van der Waals surface area contributed by atoms with Crippen LogP contribution in [0.15, 0.2) is 16.5 Å². The minimum atomic E-state index is -2.90. The summed E-state index contributed by atoms with van der Waals surface area (Å²) in [5, 5.41) is 0. The molecule has 1 aromatic carbocycles. The third-order valence-electron chi connectivity index (χ3n) is 1.83. The van der Waals surface area contributed by atoms with Crippen LogP contribution in [-0.2, 0) is 0 Å². The van der Waals surface area contributed by atoms with Crippen LogP contribution in [0.1, 0.15) is 5.56 Å². The Kier molecular flexibility index (Phi) is 2.18. The van der Waals surface area contributed by atoms with Gasteiger partial charge in [0, 0.05) is 0 Å². The molecule has 0 radical (unpaired) electrons. The Balaban J connectivity index is 2.59. The first-order chi connectivity index (χ1) is 7.06. The highest BCUT2D eigenvalue weighted by Crippen LogP contribution is 2.30. The maximum Gasteiger partial charge on any atom is 0.387 e. The molecular formula is C9H8F2N2O2. The van der Waals surface area contributed by atoms with Crippen molar-refractivity contribution in [2.75, 3.05) is 5.73 Å². The van der Waals surface area contributed by atoms with Crippen LogP contribution in [0, 0.1) is 6.92 Å².